The number of hydrogen-bond acceptors (Lipinski definition) is 8. The minimum Gasteiger partial charge on any atom is -0.372 e. The van der Waals surface area contributed by atoms with Crippen LogP contribution in [0.15, 0.2) is 63.8 Å². The van der Waals surface area contributed by atoms with Crippen LogP contribution in [-0.2, 0) is 4.79 Å². The average Bonchev–Trinajstić information content (AvgIpc) is 3.55. The Morgan fingerprint density at radius 3 is 2.43 bits per heavy atom. The highest BCUT2D eigenvalue weighted by molar-refractivity contribution is 5.93. The minimum atomic E-state index is -0.360. The lowest BCUT2D eigenvalue weighted by Gasteiger charge is -2.17. The van der Waals surface area contributed by atoms with Gasteiger partial charge in [-0.15, -0.1) is 0 Å². The Bertz CT molecular complexity index is 1510. The number of aromatic nitrogens is 4. The maximum Gasteiger partial charge on any atom is 0.280 e. The summed E-state index contributed by atoms with van der Waals surface area (Å²) in [5.41, 5.74) is 3.89. The second-order valence-electron chi connectivity index (χ2n) is 9.28. The molecule has 0 bridgehead atoms. The summed E-state index contributed by atoms with van der Waals surface area (Å²) < 4.78 is 1.82. The van der Waals surface area contributed by atoms with Crippen LogP contribution in [-0.4, -0.2) is 38.5 Å². The monoisotopic (exact) mass is 499 g/mol. The lowest BCUT2D eigenvalue weighted by molar-refractivity contribution is -0.114. The molecule has 11 nitrogen and oxygen atoms in total. The Kier molecular flexibility index (Phi) is 6.67. The fourth-order valence-electron chi connectivity index (χ4n) is 4.31. The maximum atomic E-state index is 12.6. The van der Waals surface area contributed by atoms with Crippen LogP contribution in [0.25, 0.3) is 11.2 Å². The molecule has 1 fully saturated rings. The predicted octanol–water partition coefficient (Wildman–Crippen LogP) is 5.42. The van der Waals surface area contributed by atoms with Gasteiger partial charge in [-0.1, -0.05) is 0 Å². The Hall–Kier alpha value is -4.54. The average molecular weight is 500 g/mol. The quantitative estimate of drug-likeness (QED) is 0.291. The molecule has 0 saturated carbocycles. The number of nitrogens with zero attached hydrogens (tertiary/aromatic N) is 6. The summed E-state index contributed by atoms with van der Waals surface area (Å²) in [7, 11) is 0. The summed E-state index contributed by atoms with van der Waals surface area (Å²) in [6.07, 6.45) is 4.05. The Morgan fingerprint density at radius 2 is 1.73 bits per heavy atom. The molecule has 0 unspecified atom stereocenters. The van der Waals surface area contributed by atoms with E-state index in [1.807, 2.05) is 30.5 Å². The van der Waals surface area contributed by atoms with Crippen molar-refractivity contribution in [1.29, 1.82) is 0 Å². The molecule has 37 heavy (non-hydrogen) atoms. The van der Waals surface area contributed by atoms with E-state index in [0.717, 1.165) is 18.8 Å². The first kappa shape index (κ1) is 24.2. The molecule has 2 aromatic heterocycles. The van der Waals surface area contributed by atoms with E-state index in [9.17, 15) is 9.59 Å². The molecular weight excluding hydrogens is 470 g/mol. The molecule has 0 aliphatic carbocycles. The molecule has 3 heterocycles. The maximum absolute atomic E-state index is 12.6. The largest absolute Gasteiger partial charge is 0.372 e. The molecule has 1 saturated heterocycles. The number of rotatable bonds is 7. The van der Waals surface area contributed by atoms with Crippen LogP contribution in [0.5, 0.6) is 0 Å². The van der Waals surface area contributed by atoms with Crippen molar-refractivity contribution < 1.29 is 4.79 Å². The zero-order valence-corrected chi connectivity index (χ0v) is 21.0. The first-order valence-corrected chi connectivity index (χ1v) is 12.3. The number of aromatic amines is 1. The van der Waals surface area contributed by atoms with E-state index in [2.05, 4.69) is 52.8 Å². The second-order valence-corrected chi connectivity index (χ2v) is 9.28. The number of imidazole rings is 1. The number of amides is 1. The number of benzene rings is 2. The summed E-state index contributed by atoms with van der Waals surface area (Å²) in [4.78, 5) is 38.2. The first-order chi connectivity index (χ1) is 17.9. The predicted molar refractivity (Wildman–Crippen MR) is 145 cm³/mol. The van der Waals surface area contributed by atoms with Crippen molar-refractivity contribution in [1.82, 2.24) is 19.5 Å². The summed E-state index contributed by atoms with van der Waals surface area (Å²) in [6, 6.07) is 13.3. The third-order valence-electron chi connectivity index (χ3n) is 6.16. The molecule has 5 rings (SSSR count). The van der Waals surface area contributed by atoms with Crippen LogP contribution in [0, 0.1) is 0 Å². The van der Waals surface area contributed by atoms with Crippen molar-refractivity contribution >= 4 is 51.5 Å². The number of nitrogens with one attached hydrogen (secondary N) is 3. The molecule has 0 atom stereocenters. The van der Waals surface area contributed by atoms with Crippen LogP contribution < -0.4 is 21.1 Å². The van der Waals surface area contributed by atoms with Gasteiger partial charge in [0.2, 0.25) is 11.9 Å². The lowest BCUT2D eigenvalue weighted by Crippen LogP contribution is -2.17. The van der Waals surface area contributed by atoms with E-state index in [0.29, 0.717) is 22.7 Å². The van der Waals surface area contributed by atoms with Gasteiger partial charge in [0.25, 0.3) is 5.56 Å². The van der Waals surface area contributed by atoms with Crippen molar-refractivity contribution in [2.75, 3.05) is 28.6 Å². The van der Waals surface area contributed by atoms with Crippen molar-refractivity contribution in [3.8, 4) is 0 Å². The van der Waals surface area contributed by atoms with Gasteiger partial charge in [-0.3, -0.25) is 14.6 Å². The number of azo groups is 1. The second kappa shape index (κ2) is 10.2. The SMILES string of the molecule is CC(=O)Nc1ccc(N=Nc2ccc(N3CCCC3)cc2)cc1Nc1nc2c(ncn2C(C)C)c(=O)[nH]1. The van der Waals surface area contributed by atoms with E-state index < -0.39 is 0 Å². The molecule has 4 aromatic rings. The van der Waals surface area contributed by atoms with Gasteiger partial charge in [-0.2, -0.15) is 15.2 Å². The summed E-state index contributed by atoms with van der Waals surface area (Å²) in [5, 5.41) is 14.6. The number of H-pyrrole nitrogens is 1. The van der Waals surface area contributed by atoms with Gasteiger partial charge >= 0.3 is 0 Å². The molecule has 2 aromatic carbocycles. The fourth-order valence-corrected chi connectivity index (χ4v) is 4.31. The van der Waals surface area contributed by atoms with Gasteiger partial charge in [0.1, 0.15) is 0 Å². The molecular formula is C26H29N9O2. The van der Waals surface area contributed by atoms with Gasteiger partial charge in [-0.25, -0.2) is 4.98 Å². The standard InChI is InChI=1S/C26H29N9O2/c1-16(2)35-15-27-23-24(35)30-26(31-25(23)37)29-22-14-19(8-11-21(22)28-17(3)36)33-32-18-6-9-20(10-7-18)34-12-4-5-13-34/h6-11,14-16H,4-5,12-13H2,1-3H3,(H,28,36)(H2,29,30,31,37). The van der Waals surface area contributed by atoms with Gasteiger partial charge < -0.3 is 20.1 Å². The number of fused-ring (bicyclic) bond motifs is 1. The first-order valence-electron chi connectivity index (χ1n) is 12.3. The van der Waals surface area contributed by atoms with Gasteiger partial charge in [0.05, 0.1) is 29.1 Å². The van der Waals surface area contributed by atoms with Gasteiger partial charge in [-0.05, 0) is 69.2 Å². The number of hydrogen-bond donors (Lipinski definition) is 3. The van der Waals surface area contributed by atoms with Crippen LogP contribution >= 0.6 is 0 Å². The Labute approximate surface area is 213 Å². The summed E-state index contributed by atoms with van der Waals surface area (Å²) >= 11 is 0. The number of carbonyl (C=O) groups excluding carboxylic acids is 1. The molecule has 3 N–H and O–H groups in total. The van der Waals surface area contributed by atoms with E-state index in [1.165, 1.54) is 25.5 Å². The topological polar surface area (TPSA) is 133 Å². The normalized spacial score (nSPS) is 13.7. The Morgan fingerprint density at radius 1 is 1.03 bits per heavy atom. The van der Waals surface area contributed by atoms with Crippen LogP contribution in [0.4, 0.5) is 34.4 Å². The third-order valence-corrected chi connectivity index (χ3v) is 6.16. The zero-order valence-electron chi connectivity index (χ0n) is 21.0. The molecule has 0 radical (unpaired) electrons. The molecule has 190 valence electrons. The van der Waals surface area contributed by atoms with Crippen molar-refractivity contribution in [3.63, 3.8) is 0 Å². The number of anilines is 4. The van der Waals surface area contributed by atoms with E-state index in [1.54, 1.807) is 24.5 Å². The van der Waals surface area contributed by atoms with E-state index in [4.69, 9.17) is 0 Å². The van der Waals surface area contributed by atoms with Crippen molar-refractivity contribution in [2.45, 2.75) is 39.7 Å². The smallest absolute Gasteiger partial charge is 0.280 e. The number of carbonyl (C=O) groups is 1. The molecule has 1 aliphatic heterocycles. The highest BCUT2D eigenvalue weighted by Gasteiger charge is 2.14. The van der Waals surface area contributed by atoms with Crippen LogP contribution in [0.3, 0.4) is 0 Å². The molecule has 11 heteroatoms. The van der Waals surface area contributed by atoms with Crippen LogP contribution in [0.1, 0.15) is 39.7 Å². The Balaban J connectivity index is 1.42. The van der Waals surface area contributed by atoms with Gasteiger partial charge in [0.15, 0.2) is 11.2 Å². The van der Waals surface area contributed by atoms with Crippen molar-refractivity contribution in [3.05, 3.63) is 59.1 Å². The third kappa shape index (κ3) is 5.35. The lowest BCUT2D eigenvalue weighted by atomic mass is 10.2. The molecule has 1 amide bonds. The van der Waals surface area contributed by atoms with Crippen molar-refractivity contribution in [2.24, 2.45) is 10.2 Å². The van der Waals surface area contributed by atoms with Gasteiger partial charge in [0, 0.05) is 31.7 Å². The highest BCUT2D eigenvalue weighted by atomic mass is 16.1. The summed E-state index contributed by atoms with van der Waals surface area (Å²) in [5.74, 6) is -0.0107. The molecule has 1 aliphatic rings. The summed E-state index contributed by atoms with van der Waals surface area (Å²) in [6.45, 7) is 7.58. The minimum absolute atomic E-state index is 0.0789. The van der Waals surface area contributed by atoms with Crippen LogP contribution in [0.2, 0.25) is 0 Å². The van der Waals surface area contributed by atoms with E-state index >= 15 is 0 Å². The molecule has 0 spiro atoms. The highest BCUT2D eigenvalue weighted by Crippen LogP contribution is 2.31. The zero-order chi connectivity index (χ0) is 25.9. The fraction of sp³-hybridized carbons (Fsp3) is 0.308. The van der Waals surface area contributed by atoms with E-state index in [-0.39, 0.29) is 29.0 Å².